The van der Waals surface area contributed by atoms with Crippen LogP contribution in [-0.4, -0.2) is 4.98 Å². The van der Waals surface area contributed by atoms with Crippen LogP contribution in [0.4, 0.5) is 14.5 Å². The lowest BCUT2D eigenvalue weighted by atomic mass is 10.2. The van der Waals surface area contributed by atoms with E-state index in [1.165, 1.54) is 12.4 Å². The van der Waals surface area contributed by atoms with Gasteiger partial charge in [-0.2, -0.15) is 5.26 Å². The smallest absolute Gasteiger partial charge is 0.141 e. The van der Waals surface area contributed by atoms with Gasteiger partial charge < -0.3 is 5.73 Å². The number of rotatable bonds is 2. The van der Waals surface area contributed by atoms with Gasteiger partial charge in [0.1, 0.15) is 11.6 Å². The van der Waals surface area contributed by atoms with Crippen molar-refractivity contribution in [2.24, 2.45) is 0 Å². The molecule has 1 aromatic carbocycles. The SMILES string of the molecule is N#Cc1cc(F)c(Sc2ccncc2N)c(F)c1. The molecule has 2 aromatic rings. The Bertz CT molecular complexity index is 614. The molecule has 0 amide bonds. The highest BCUT2D eigenvalue weighted by Crippen LogP contribution is 2.35. The summed E-state index contributed by atoms with van der Waals surface area (Å²) in [6.07, 6.45) is 2.89. The number of nitrogens with two attached hydrogens (primary N) is 1. The number of nitrogen functional groups attached to an aromatic ring is 1. The van der Waals surface area contributed by atoms with Gasteiger partial charge in [-0.3, -0.25) is 4.98 Å². The molecular weight excluding hydrogens is 256 g/mol. The van der Waals surface area contributed by atoms with Crippen LogP contribution in [0.1, 0.15) is 5.56 Å². The van der Waals surface area contributed by atoms with Gasteiger partial charge in [0.2, 0.25) is 0 Å². The van der Waals surface area contributed by atoms with E-state index >= 15 is 0 Å². The molecule has 0 aliphatic heterocycles. The minimum atomic E-state index is -0.784. The van der Waals surface area contributed by atoms with E-state index in [1.807, 2.05) is 0 Å². The lowest BCUT2D eigenvalue weighted by Gasteiger charge is -2.07. The van der Waals surface area contributed by atoms with Crippen LogP contribution < -0.4 is 5.73 Å². The largest absolute Gasteiger partial charge is 0.397 e. The molecule has 0 atom stereocenters. The first-order valence-corrected chi connectivity index (χ1v) is 5.70. The Hall–Kier alpha value is -2.13. The molecule has 3 nitrogen and oxygen atoms in total. The van der Waals surface area contributed by atoms with Crippen LogP contribution in [0.2, 0.25) is 0 Å². The summed E-state index contributed by atoms with van der Waals surface area (Å²) in [5.74, 6) is -1.57. The molecule has 0 aliphatic rings. The molecule has 0 saturated heterocycles. The van der Waals surface area contributed by atoms with Crippen molar-refractivity contribution in [1.82, 2.24) is 4.98 Å². The topological polar surface area (TPSA) is 62.7 Å². The van der Waals surface area contributed by atoms with Gasteiger partial charge in [-0.25, -0.2) is 8.78 Å². The highest BCUT2D eigenvalue weighted by Gasteiger charge is 2.14. The van der Waals surface area contributed by atoms with Gasteiger partial charge in [-0.1, -0.05) is 11.8 Å². The molecule has 1 aromatic heterocycles. The predicted octanol–water partition coefficient (Wildman–Crippen LogP) is 2.96. The standard InChI is InChI=1S/C12H7F2N3S/c13-8-3-7(5-15)4-9(14)12(8)18-11-1-2-17-6-10(11)16/h1-4,6H,16H2. The van der Waals surface area contributed by atoms with E-state index < -0.39 is 11.6 Å². The molecule has 1 heterocycles. The molecule has 0 saturated carbocycles. The van der Waals surface area contributed by atoms with Gasteiger partial charge in [0, 0.05) is 11.1 Å². The van der Waals surface area contributed by atoms with Crippen molar-refractivity contribution in [3.63, 3.8) is 0 Å². The molecule has 2 rings (SSSR count). The fraction of sp³-hybridized carbons (Fsp3) is 0. The third-order valence-corrected chi connectivity index (χ3v) is 3.34. The van der Waals surface area contributed by atoms with Crippen LogP contribution in [0.3, 0.4) is 0 Å². The first-order chi connectivity index (χ1) is 8.61. The number of halogens is 2. The zero-order valence-electron chi connectivity index (χ0n) is 9.02. The fourth-order valence-corrected chi connectivity index (χ4v) is 2.15. The maximum Gasteiger partial charge on any atom is 0.141 e. The number of nitriles is 1. The van der Waals surface area contributed by atoms with Crippen LogP contribution in [0.5, 0.6) is 0 Å². The number of pyridine rings is 1. The van der Waals surface area contributed by atoms with Gasteiger partial charge >= 0.3 is 0 Å². The van der Waals surface area contributed by atoms with Crippen LogP contribution in [-0.2, 0) is 0 Å². The third-order valence-electron chi connectivity index (χ3n) is 2.15. The first-order valence-electron chi connectivity index (χ1n) is 4.88. The molecule has 0 radical (unpaired) electrons. The number of hydrogen-bond acceptors (Lipinski definition) is 4. The highest BCUT2D eigenvalue weighted by molar-refractivity contribution is 7.99. The number of aromatic nitrogens is 1. The maximum atomic E-state index is 13.6. The summed E-state index contributed by atoms with van der Waals surface area (Å²) >= 11 is 0.862. The molecule has 2 N–H and O–H groups in total. The summed E-state index contributed by atoms with van der Waals surface area (Å²) in [4.78, 5) is 4.11. The van der Waals surface area contributed by atoms with Crippen molar-refractivity contribution in [2.45, 2.75) is 9.79 Å². The lowest BCUT2D eigenvalue weighted by molar-refractivity contribution is 0.540. The van der Waals surface area contributed by atoms with Crippen LogP contribution >= 0.6 is 11.8 Å². The fourth-order valence-electron chi connectivity index (χ4n) is 1.32. The summed E-state index contributed by atoms with van der Waals surface area (Å²) in [6.45, 7) is 0. The van der Waals surface area contributed by atoms with Crippen LogP contribution in [0, 0.1) is 23.0 Å². The zero-order chi connectivity index (χ0) is 13.1. The van der Waals surface area contributed by atoms with E-state index in [1.54, 1.807) is 12.1 Å². The van der Waals surface area contributed by atoms with Crippen molar-refractivity contribution in [2.75, 3.05) is 5.73 Å². The van der Waals surface area contributed by atoms with E-state index in [4.69, 9.17) is 11.0 Å². The number of benzene rings is 1. The van der Waals surface area contributed by atoms with Crippen molar-refractivity contribution in [3.05, 3.63) is 47.8 Å². The average Bonchev–Trinajstić information content (AvgIpc) is 2.35. The quantitative estimate of drug-likeness (QED) is 0.904. The minimum Gasteiger partial charge on any atom is -0.397 e. The summed E-state index contributed by atoms with van der Waals surface area (Å²) in [5, 5.41) is 8.59. The predicted molar refractivity (Wildman–Crippen MR) is 63.8 cm³/mol. The number of nitrogens with zero attached hydrogens (tertiary/aromatic N) is 2. The second-order valence-corrected chi connectivity index (χ2v) is 4.45. The van der Waals surface area contributed by atoms with Crippen molar-refractivity contribution in [3.8, 4) is 6.07 Å². The molecule has 90 valence electrons. The van der Waals surface area contributed by atoms with Gasteiger partial charge in [0.05, 0.1) is 28.4 Å². The van der Waals surface area contributed by atoms with Crippen LogP contribution in [0.15, 0.2) is 40.4 Å². The summed E-state index contributed by atoms with van der Waals surface area (Å²) in [5.41, 5.74) is 5.92. The second kappa shape index (κ2) is 5.02. The van der Waals surface area contributed by atoms with E-state index in [0.29, 0.717) is 10.6 Å². The van der Waals surface area contributed by atoms with E-state index in [9.17, 15) is 8.78 Å². The average molecular weight is 263 g/mol. The Kier molecular flexibility index (Phi) is 3.44. The highest BCUT2D eigenvalue weighted by atomic mass is 32.2. The Labute approximate surface area is 106 Å². The van der Waals surface area contributed by atoms with E-state index in [2.05, 4.69) is 4.98 Å². The maximum absolute atomic E-state index is 13.6. The Balaban J connectivity index is 2.42. The van der Waals surface area contributed by atoms with Crippen molar-refractivity contribution >= 4 is 17.4 Å². The molecule has 18 heavy (non-hydrogen) atoms. The molecule has 0 aliphatic carbocycles. The second-order valence-electron chi connectivity index (χ2n) is 3.40. The summed E-state index contributed by atoms with van der Waals surface area (Å²) < 4.78 is 27.3. The number of anilines is 1. The normalized spacial score (nSPS) is 10.1. The Morgan fingerprint density at radius 1 is 1.28 bits per heavy atom. The summed E-state index contributed by atoms with van der Waals surface area (Å²) in [7, 11) is 0. The number of hydrogen-bond donors (Lipinski definition) is 1. The Morgan fingerprint density at radius 2 is 1.94 bits per heavy atom. The molecule has 0 spiro atoms. The molecule has 6 heteroatoms. The minimum absolute atomic E-state index is 0.0583. The Morgan fingerprint density at radius 3 is 2.50 bits per heavy atom. The van der Waals surface area contributed by atoms with Crippen molar-refractivity contribution < 1.29 is 8.78 Å². The van der Waals surface area contributed by atoms with E-state index in [0.717, 1.165) is 23.9 Å². The monoisotopic (exact) mass is 263 g/mol. The summed E-state index contributed by atoms with van der Waals surface area (Å²) in [6, 6.07) is 5.23. The van der Waals surface area contributed by atoms with Crippen LogP contribution in [0.25, 0.3) is 0 Å². The third kappa shape index (κ3) is 2.41. The van der Waals surface area contributed by atoms with Gasteiger partial charge in [-0.05, 0) is 18.2 Å². The zero-order valence-corrected chi connectivity index (χ0v) is 9.84. The van der Waals surface area contributed by atoms with Gasteiger partial charge in [0.15, 0.2) is 0 Å². The van der Waals surface area contributed by atoms with Gasteiger partial charge in [-0.15, -0.1) is 0 Å². The molecule has 0 fully saturated rings. The van der Waals surface area contributed by atoms with E-state index in [-0.39, 0.29) is 10.5 Å². The molecular formula is C12H7F2N3S. The van der Waals surface area contributed by atoms with Gasteiger partial charge in [0.25, 0.3) is 0 Å². The molecule has 0 bridgehead atoms. The van der Waals surface area contributed by atoms with Crippen molar-refractivity contribution in [1.29, 1.82) is 5.26 Å². The molecule has 0 unspecified atom stereocenters. The lowest BCUT2D eigenvalue weighted by Crippen LogP contribution is -1.93. The first kappa shape index (κ1) is 12.3.